The van der Waals surface area contributed by atoms with Crippen molar-refractivity contribution < 1.29 is 14.6 Å². The first-order chi connectivity index (χ1) is 9.06. The molecule has 1 aliphatic heterocycles. The molecule has 102 valence electrons. The van der Waals surface area contributed by atoms with Crippen molar-refractivity contribution >= 4 is 28.9 Å². The van der Waals surface area contributed by atoms with Crippen molar-refractivity contribution in [3.63, 3.8) is 0 Å². The summed E-state index contributed by atoms with van der Waals surface area (Å²) in [6, 6.07) is 4.12. The van der Waals surface area contributed by atoms with Crippen LogP contribution in [0.2, 0.25) is 5.02 Å². The fraction of sp³-hybridized carbons (Fsp3) is 0.417. The van der Waals surface area contributed by atoms with E-state index in [0.717, 1.165) is 25.9 Å². The summed E-state index contributed by atoms with van der Waals surface area (Å²) in [5, 5.41) is 13.8. The van der Waals surface area contributed by atoms with Gasteiger partial charge in [-0.1, -0.05) is 11.6 Å². The lowest BCUT2D eigenvalue weighted by atomic mass is 10.2. The number of benzene rings is 1. The van der Waals surface area contributed by atoms with Gasteiger partial charge in [-0.2, -0.15) is 0 Å². The molecule has 0 aromatic heterocycles. The van der Waals surface area contributed by atoms with E-state index in [1.165, 1.54) is 23.1 Å². The topological polar surface area (TPSA) is 76.7 Å². The van der Waals surface area contributed by atoms with Crippen LogP contribution in [-0.2, 0) is 4.79 Å². The molecule has 1 heterocycles. The number of amides is 1. The average molecular weight is 285 g/mol. The lowest BCUT2D eigenvalue weighted by Crippen LogP contribution is -3.11. The van der Waals surface area contributed by atoms with Gasteiger partial charge in [0.2, 0.25) is 0 Å². The molecule has 0 aliphatic carbocycles. The van der Waals surface area contributed by atoms with Crippen molar-refractivity contribution in [2.75, 3.05) is 25.0 Å². The molecule has 0 spiro atoms. The Labute approximate surface area is 115 Å². The number of hydrogen-bond acceptors (Lipinski definition) is 3. The van der Waals surface area contributed by atoms with Gasteiger partial charge in [-0.25, -0.2) is 0 Å². The predicted octanol–water partition coefficient (Wildman–Crippen LogP) is 0.865. The Bertz CT molecular complexity index is 501. The molecule has 1 aliphatic rings. The molecule has 0 unspecified atom stereocenters. The number of anilines is 1. The van der Waals surface area contributed by atoms with Crippen LogP contribution in [0.3, 0.4) is 0 Å². The van der Waals surface area contributed by atoms with Crippen LogP contribution in [0, 0.1) is 10.1 Å². The third-order valence-corrected chi connectivity index (χ3v) is 3.39. The molecule has 1 amide bonds. The van der Waals surface area contributed by atoms with E-state index in [9.17, 15) is 14.9 Å². The zero-order valence-electron chi connectivity index (χ0n) is 10.3. The quantitative estimate of drug-likeness (QED) is 0.636. The molecular weight excluding hydrogens is 270 g/mol. The highest BCUT2D eigenvalue weighted by atomic mass is 35.5. The number of nitrogens with one attached hydrogen (secondary N) is 2. The first-order valence-electron chi connectivity index (χ1n) is 6.13. The molecular formula is C12H15ClN3O3+. The molecule has 2 N–H and O–H groups in total. The molecule has 2 rings (SSSR count). The SMILES string of the molecule is O=C(C[NH+]1CCCC1)Nc1cc(Cl)ccc1[N+](=O)[O-]. The highest BCUT2D eigenvalue weighted by Gasteiger charge is 2.21. The van der Waals surface area contributed by atoms with E-state index in [1.807, 2.05) is 0 Å². The lowest BCUT2D eigenvalue weighted by Gasteiger charge is -2.12. The Morgan fingerprint density at radius 2 is 2.11 bits per heavy atom. The zero-order valence-corrected chi connectivity index (χ0v) is 11.1. The third-order valence-electron chi connectivity index (χ3n) is 3.15. The van der Waals surface area contributed by atoms with Crippen LogP contribution in [-0.4, -0.2) is 30.5 Å². The summed E-state index contributed by atoms with van der Waals surface area (Å²) in [6.45, 7) is 2.29. The zero-order chi connectivity index (χ0) is 13.8. The van der Waals surface area contributed by atoms with E-state index in [-0.39, 0.29) is 17.3 Å². The van der Waals surface area contributed by atoms with Gasteiger partial charge in [0.25, 0.3) is 11.6 Å². The smallest absolute Gasteiger partial charge is 0.292 e. The van der Waals surface area contributed by atoms with E-state index >= 15 is 0 Å². The van der Waals surface area contributed by atoms with Crippen LogP contribution in [0.5, 0.6) is 0 Å². The molecule has 0 atom stereocenters. The molecule has 7 heteroatoms. The fourth-order valence-corrected chi connectivity index (χ4v) is 2.41. The minimum absolute atomic E-state index is 0.144. The van der Waals surface area contributed by atoms with Crippen LogP contribution >= 0.6 is 11.6 Å². The van der Waals surface area contributed by atoms with Gasteiger partial charge in [0.15, 0.2) is 6.54 Å². The number of nitrogens with zero attached hydrogens (tertiary/aromatic N) is 1. The van der Waals surface area contributed by atoms with Gasteiger partial charge in [0, 0.05) is 23.9 Å². The maximum atomic E-state index is 11.9. The largest absolute Gasteiger partial charge is 0.327 e. The number of hydrogen-bond donors (Lipinski definition) is 2. The molecule has 1 saturated heterocycles. The van der Waals surface area contributed by atoms with E-state index in [1.54, 1.807) is 0 Å². The Balaban J connectivity index is 2.06. The number of halogens is 1. The Hall–Kier alpha value is -1.66. The van der Waals surface area contributed by atoms with E-state index in [4.69, 9.17) is 11.6 Å². The minimum Gasteiger partial charge on any atom is -0.327 e. The van der Waals surface area contributed by atoms with Crippen molar-refractivity contribution in [2.45, 2.75) is 12.8 Å². The molecule has 0 bridgehead atoms. The Morgan fingerprint density at radius 1 is 1.42 bits per heavy atom. The van der Waals surface area contributed by atoms with Crippen molar-refractivity contribution in [1.82, 2.24) is 0 Å². The maximum absolute atomic E-state index is 11.9. The van der Waals surface area contributed by atoms with E-state index in [2.05, 4.69) is 5.32 Å². The van der Waals surface area contributed by atoms with E-state index in [0.29, 0.717) is 11.6 Å². The summed E-state index contributed by atoms with van der Waals surface area (Å²) in [4.78, 5) is 23.4. The Kier molecular flexibility index (Phi) is 4.34. The molecule has 0 saturated carbocycles. The van der Waals surface area contributed by atoms with Crippen LogP contribution in [0.1, 0.15) is 12.8 Å². The lowest BCUT2D eigenvalue weighted by molar-refractivity contribution is -0.878. The predicted molar refractivity (Wildman–Crippen MR) is 71.5 cm³/mol. The maximum Gasteiger partial charge on any atom is 0.292 e. The number of nitro groups is 1. The molecule has 1 aromatic rings. The number of carbonyl (C=O) groups is 1. The van der Waals surface area contributed by atoms with Gasteiger partial charge in [0.05, 0.1) is 18.0 Å². The Morgan fingerprint density at radius 3 is 2.74 bits per heavy atom. The second kappa shape index (κ2) is 5.99. The molecule has 1 aromatic carbocycles. The van der Waals surface area contributed by atoms with Crippen molar-refractivity contribution in [1.29, 1.82) is 0 Å². The highest BCUT2D eigenvalue weighted by Crippen LogP contribution is 2.27. The van der Waals surface area contributed by atoms with Crippen molar-refractivity contribution in [3.05, 3.63) is 33.3 Å². The van der Waals surface area contributed by atoms with Gasteiger partial charge < -0.3 is 10.2 Å². The van der Waals surface area contributed by atoms with Crippen LogP contribution in [0.25, 0.3) is 0 Å². The summed E-state index contributed by atoms with van der Waals surface area (Å²) in [7, 11) is 0. The summed E-state index contributed by atoms with van der Waals surface area (Å²) in [5.41, 5.74) is 0.00951. The molecule has 1 fully saturated rings. The monoisotopic (exact) mass is 284 g/mol. The first-order valence-corrected chi connectivity index (χ1v) is 6.51. The second-order valence-electron chi connectivity index (χ2n) is 4.60. The van der Waals surface area contributed by atoms with Gasteiger partial charge in [-0.15, -0.1) is 0 Å². The summed E-state index contributed by atoms with van der Waals surface area (Å²) >= 11 is 5.80. The first kappa shape index (κ1) is 13.8. The highest BCUT2D eigenvalue weighted by molar-refractivity contribution is 6.31. The normalized spacial score (nSPS) is 15.4. The second-order valence-corrected chi connectivity index (χ2v) is 5.04. The van der Waals surface area contributed by atoms with Crippen LogP contribution in [0.15, 0.2) is 18.2 Å². The number of nitro benzene ring substituents is 1. The summed E-state index contributed by atoms with van der Waals surface area (Å²) in [5.74, 6) is -0.220. The average Bonchev–Trinajstić information content (AvgIpc) is 2.81. The van der Waals surface area contributed by atoms with Gasteiger partial charge >= 0.3 is 0 Å². The molecule has 0 radical (unpaired) electrons. The summed E-state index contributed by atoms with van der Waals surface area (Å²) < 4.78 is 0. The standard InChI is InChI=1S/C12H14ClN3O3/c13-9-3-4-11(16(18)19)10(7-9)14-12(17)8-15-5-1-2-6-15/h3-4,7H,1-2,5-6,8H2,(H,14,17)/p+1. The number of rotatable bonds is 4. The number of quaternary nitrogens is 1. The van der Waals surface area contributed by atoms with E-state index < -0.39 is 4.92 Å². The summed E-state index contributed by atoms with van der Waals surface area (Å²) in [6.07, 6.45) is 2.25. The molecule has 19 heavy (non-hydrogen) atoms. The van der Waals surface area contributed by atoms with Gasteiger partial charge in [-0.3, -0.25) is 14.9 Å². The number of likely N-dealkylation sites (tertiary alicyclic amines) is 1. The number of carbonyl (C=O) groups excluding carboxylic acids is 1. The van der Waals surface area contributed by atoms with Gasteiger partial charge in [-0.05, 0) is 12.1 Å². The van der Waals surface area contributed by atoms with Crippen molar-refractivity contribution in [3.8, 4) is 0 Å². The van der Waals surface area contributed by atoms with Crippen LogP contribution < -0.4 is 10.2 Å². The third kappa shape index (κ3) is 3.65. The van der Waals surface area contributed by atoms with Crippen molar-refractivity contribution in [2.24, 2.45) is 0 Å². The molecule has 6 nitrogen and oxygen atoms in total. The van der Waals surface area contributed by atoms with Crippen LogP contribution in [0.4, 0.5) is 11.4 Å². The minimum atomic E-state index is -0.533. The van der Waals surface area contributed by atoms with Gasteiger partial charge in [0.1, 0.15) is 5.69 Å². The fourth-order valence-electron chi connectivity index (χ4n) is 2.24.